The van der Waals surface area contributed by atoms with Crippen LogP contribution < -0.4 is 9.46 Å². The Morgan fingerprint density at radius 3 is 2.61 bits per heavy atom. The summed E-state index contributed by atoms with van der Waals surface area (Å²) in [5.74, 6) is 0.519. The van der Waals surface area contributed by atoms with Gasteiger partial charge in [-0.1, -0.05) is 15.9 Å². The molecular weight excluding hydrogens is 320 g/mol. The Kier molecular flexibility index (Phi) is 5.43. The van der Waals surface area contributed by atoms with Gasteiger partial charge in [-0.05, 0) is 32.3 Å². The Hall–Kier alpha value is -0.790. The first-order chi connectivity index (χ1) is 8.28. The molecule has 1 aromatic carbocycles. The van der Waals surface area contributed by atoms with E-state index in [0.717, 1.165) is 17.3 Å². The highest BCUT2D eigenvalue weighted by atomic mass is 79.9. The lowest BCUT2D eigenvalue weighted by Crippen LogP contribution is -2.20. The lowest BCUT2D eigenvalue weighted by molar-refractivity contribution is 0.262. The Morgan fingerprint density at radius 1 is 1.39 bits per heavy atom. The second-order valence-corrected chi connectivity index (χ2v) is 6.83. The lowest BCUT2D eigenvalue weighted by atomic mass is 10.3. The molecule has 0 amide bonds. The fourth-order valence-corrected chi connectivity index (χ4v) is 2.17. The number of nitrogens with zero attached hydrogens (tertiary/aromatic N) is 1. The molecular formula is C11H17BrN2O3S. The molecule has 0 aliphatic carbocycles. The van der Waals surface area contributed by atoms with Gasteiger partial charge in [0.15, 0.2) is 0 Å². The fraction of sp³-hybridized carbons (Fsp3) is 0.455. The van der Waals surface area contributed by atoms with E-state index in [1.165, 1.54) is 0 Å². The topological polar surface area (TPSA) is 58.6 Å². The van der Waals surface area contributed by atoms with E-state index in [-0.39, 0.29) is 0 Å². The van der Waals surface area contributed by atoms with Crippen molar-refractivity contribution in [1.29, 1.82) is 0 Å². The monoisotopic (exact) mass is 336 g/mol. The molecule has 0 heterocycles. The molecule has 102 valence electrons. The van der Waals surface area contributed by atoms with Crippen LogP contribution >= 0.6 is 15.9 Å². The van der Waals surface area contributed by atoms with Gasteiger partial charge in [0, 0.05) is 11.0 Å². The van der Waals surface area contributed by atoms with Gasteiger partial charge in [0.05, 0.1) is 11.9 Å². The van der Waals surface area contributed by atoms with Gasteiger partial charge in [0.2, 0.25) is 10.0 Å². The second kappa shape index (κ2) is 6.40. The fourth-order valence-electron chi connectivity index (χ4n) is 1.25. The summed E-state index contributed by atoms with van der Waals surface area (Å²) in [6, 6.07) is 5.21. The number of anilines is 1. The molecule has 1 N–H and O–H groups in total. The summed E-state index contributed by atoms with van der Waals surface area (Å²) in [5.41, 5.74) is 0.436. The normalized spacial score (nSPS) is 11.6. The summed E-state index contributed by atoms with van der Waals surface area (Å²) in [6.45, 7) is 1.25. The number of hydrogen-bond donors (Lipinski definition) is 1. The molecule has 0 fully saturated rings. The summed E-state index contributed by atoms with van der Waals surface area (Å²) in [6.07, 6.45) is 1.11. The van der Waals surface area contributed by atoms with Crippen molar-refractivity contribution in [1.82, 2.24) is 4.90 Å². The van der Waals surface area contributed by atoms with Crippen LogP contribution in [0.1, 0.15) is 0 Å². The molecule has 0 saturated heterocycles. The molecule has 18 heavy (non-hydrogen) atoms. The minimum absolute atomic E-state index is 0.436. The molecule has 1 rings (SSSR count). The van der Waals surface area contributed by atoms with Crippen LogP contribution in [0, 0.1) is 0 Å². The van der Waals surface area contributed by atoms with E-state index in [2.05, 4.69) is 20.7 Å². The van der Waals surface area contributed by atoms with Gasteiger partial charge in [0.25, 0.3) is 0 Å². The number of benzene rings is 1. The molecule has 0 radical (unpaired) electrons. The van der Waals surface area contributed by atoms with Crippen LogP contribution in [0.4, 0.5) is 5.69 Å². The van der Waals surface area contributed by atoms with E-state index in [4.69, 9.17) is 4.74 Å². The summed E-state index contributed by atoms with van der Waals surface area (Å²) < 4.78 is 31.3. The smallest absolute Gasteiger partial charge is 0.229 e. The van der Waals surface area contributed by atoms with E-state index in [9.17, 15) is 8.42 Å². The lowest BCUT2D eigenvalue weighted by Gasteiger charge is -2.14. The van der Waals surface area contributed by atoms with Crippen molar-refractivity contribution in [3.05, 3.63) is 22.7 Å². The van der Waals surface area contributed by atoms with Gasteiger partial charge in [0.1, 0.15) is 12.4 Å². The van der Waals surface area contributed by atoms with E-state index in [0.29, 0.717) is 18.0 Å². The summed E-state index contributed by atoms with van der Waals surface area (Å²) >= 11 is 3.30. The molecule has 0 spiro atoms. The van der Waals surface area contributed by atoms with E-state index < -0.39 is 10.0 Å². The van der Waals surface area contributed by atoms with Crippen molar-refractivity contribution in [3.8, 4) is 5.75 Å². The SMILES string of the molecule is CN(C)CCOc1ccc(Br)cc1NS(C)(=O)=O. The number of nitrogens with one attached hydrogen (secondary N) is 1. The minimum atomic E-state index is -3.32. The number of ether oxygens (including phenoxy) is 1. The second-order valence-electron chi connectivity index (χ2n) is 4.17. The number of sulfonamides is 1. The van der Waals surface area contributed by atoms with E-state index >= 15 is 0 Å². The summed E-state index contributed by atoms with van der Waals surface area (Å²) in [4.78, 5) is 1.99. The van der Waals surface area contributed by atoms with Crippen LogP contribution in [0.2, 0.25) is 0 Å². The third-order valence-electron chi connectivity index (χ3n) is 2.03. The van der Waals surface area contributed by atoms with Crippen LogP contribution in [-0.4, -0.2) is 46.8 Å². The third kappa shape index (κ3) is 5.70. The summed E-state index contributed by atoms with van der Waals surface area (Å²) in [5, 5.41) is 0. The van der Waals surface area contributed by atoms with Gasteiger partial charge < -0.3 is 9.64 Å². The average Bonchev–Trinajstić information content (AvgIpc) is 2.18. The molecule has 1 aromatic rings. The predicted octanol–water partition coefficient (Wildman–Crippen LogP) is 1.76. The quantitative estimate of drug-likeness (QED) is 0.859. The number of rotatable bonds is 6. The van der Waals surface area contributed by atoms with Crippen molar-refractivity contribution < 1.29 is 13.2 Å². The minimum Gasteiger partial charge on any atom is -0.490 e. The molecule has 0 aliphatic rings. The van der Waals surface area contributed by atoms with E-state index in [1.54, 1.807) is 18.2 Å². The highest BCUT2D eigenvalue weighted by Gasteiger charge is 2.09. The predicted molar refractivity (Wildman–Crippen MR) is 76.7 cm³/mol. The standard InChI is InChI=1S/C11H17BrN2O3S/c1-14(2)6-7-17-11-5-4-9(12)8-10(11)13-18(3,15)16/h4-5,8,13H,6-7H2,1-3H3. The molecule has 5 nitrogen and oxygen atoms in total. The van der Waals surface area contributed by atoms with Crippen molar-refractivity contribution in [2.75, 3.05) is 38.2 Å². The summed E-state index contributed by atoms with van der Waals surface area (Å²) in [7, 11) is 0.571. The molecule has 0 unspecified atom stereocenters. The average molecular weight is 337 g/mol. The first kappa shape index (κ1) is 15.3. The number of hydrogen-bond acceptors (Lipinski definition) is 4. The molecule has 0 bridgehead atoms. The van der Waals surface area contributed by atoms with Crippen molar-refractivity contribution in [3.63, 3.8) is 0 Å². The van der Waals surface area contributed by atoms with Crippen molar-refractivity contribution >= 4 is 31.6 Å². The van der Waals surface area contributed by atoms with Crippen molar-refractivity contribution in [2.45, 2.75) is 0 Å². The Balaban J connectivity index is 2.83. The van der Waals surface area contributed by atoms with Gasteiger partial charge in [-0.3, -0.25) is 4.72 Å². The highest BCUT2D eigenvalue weighted by Crippen LogP contribution is 2.28. The maximum atomic E-state index is 11.3. The zero-order valence-electron chi connectivity index (χ0n) is 10.6. The van der Waals surface area contributed by atoms with Crippen LogP contribution in [-0.2, 0) is 10.0 Å². The molecule has 0 saturated carbocycles. The first-order valence-corrected chi connectivity index (χ1v) is 8.01. The molecule has 0 aromatic heterocycles. The van der Waals surface area contributed by atoms with Crippen LogP contribution in [0.5, 0.6) is 5.75 Å². The molecule has 0 aliphatic heterocycles. The number of halogens is 1. The van der Waals surface area contributed by atoms with Crippen LogP contribution in [0.15, 0.2) is 22.7 Å². The van der Waals surface area contributed by atoms with E-state index in [1.807, 2.05) is 19.0 Å². The molecule has 0 atom stereocenters. The Labute approximate surface area is 116 Å². The van der Waals surface area contributed by atoms with Gasteiger partial charge >= 0.3 is 0 Å². The van der Waals surface area contributed by atoms with Gasteiger partial charge in [-0.25, -0.2) is 8.42 Å². The largest absolute Gasteiger partial charge is 0.490 e. The maximum Gasteiger partial charge on any atom is 0.229 e. The zero-order chi connectivity index (χ0) is 13.8. The van der Waals surface area contributed by atoms with Crippen LogP contribution in [0.25, 0.3) is 0 Å². The zero-order valence-corrected chi connectivity index (χ0v) is 13.0. The Morgan fingerprint density at radius 2 is 2.06 bits per heavy atom. The third-order valence-corrected chi connectivity index (χ3v) is 3.12. The highest BCUT2D eigenvalue weighted by molar-refractivity contribution is 9.10. The van der Waals surface area contributed by atoms with Gasteiger partial charge in [-0.2, -0.15) is 0 Å². The number of likely N-dealkylation sites (N-methyl/N-ethyl adjacent to an activating group) is 1. The van der Waals surface area contributed by atoms with Crippen molar-refractivity contribution in [2.24, 2.45) is 0 Å². The van der Waals surface area contributed by atoms with Gasteiger partial charge in [-0.15, -0.1) is 0 Å². The molecule has 7 heteroatoms. The maximum absolute atomic E-state index is 11.3. The Bertz CT molecular complexity index is 503. The van der Waals surface area contributed by atoms with Crippen LogP contribution in [0.3, 0.4) is 0 Å². The first-order valence-electron chi connectivity index (χ1n) is 5.33.